The Morgan fingerprint density at radius 3 is 0.988 bits per heavy atom. The molecule has 0 saturated carbocycles. The SMILES string of the molecule is CC(C)(C)c1ccc(O)c(-c2cc(C(C)(C)C)cc(-c3ccc(-c4c5nc(cc6ccc([nH]6)c(-c6ccc(-c7cc(C(C)(C)C)cc(-c8cc(C(C)(C)C)ccc8O)c7O)cc6)c6nc(cc7ccc4[nH]7)C=C6)C=C5)cc3)c2O)c1. The van der Waals surface area contributed by atoms with Crippen LogP contribution in [0.5, 0.6) is 23.0 Å². The van der Waals surface area contributed by atoms with Crippen LogP contribution in [0.25, 0.3) is 113 Å². The lowest BCUT2D eigenvalue weighted by molar-refractivity contribution is 0.468. The predicted octanol–water partition coefficient (Wildman–Crippen LogP) is 18.7. The first-order chi connectivity index (χ1) is 37.8. The van der Waals surface area contributed by atoms with Gasteiger partial charge in [-0.05, 0) is 175 Å². The van der Waals surface area contributed by atoms with Gasteiger partial charge in [-0.3, -0.25) is 0 Å². The monoisotopic (exact) mass is 1050 g/mol. The number of hydrogen-bond donors (Lipinski definition) is 6. The van der Waals surface area contributed by atoms with Gasteiger partial charge in [0.25, 0.3) is 0 Å². The zero-order valence-electron chi connectivity index (χ0n) is 47.8. The second kappa shape index (κ2) is 19.5. The molecule has 0 amide bonds. The van der Waals surface area contributed by atoms with Gasteiger partial charge in [0.2, 0.25) is 0 Å². The molecular formula is C72H70N4O4. The van der Waals surface area contributed by atoms with Crippen LogP contribution in [0.4, 0.5) is 0 Å². The van der Waals surface area contributed by atoms with Gasteiger partial charge in [-0.25, -0.2) is 9.97 Å². The van der Waals surface area contributed by atoms with Gasteiger partial charge in [-0.2, -0.15) is 0 Å². The molecule has 8 bridgehead atoms. The maximum atomic E-state index is 12.1. The molecule has 6 aromatic carbocycles. The van der Waals surface area contributed by atoms with Crippen molar-refractivity contribution >= 4 is 46.4 Å². The third-order valence-electron chi connectivity index (χ3n) is 15.6. The summed E-state index contributed by atoms with van der Waals surface area (Å²) in [5, 5.41) is 46.8. The molecule has 0 radical (unpaired) electrons. The number of phenolic OH excluding ortho intramolecular Hbond substituents is 4. The molecule has 6 N–H and O–H groups in total. The fraction of sp³-hybridized carbons (Fsp3) is 0.222. The number of aromatic hydroxyl groups is 4. The predicted molar refractivity (Wildman–Crippen MR) is 333 cm³/mol. The number of H-pyrrole nitrogens is 2. The van der Waals surface area contributed by atoms with Crippen LogP contribution in [0.2, 0.25) is 0 Å². The molecule has 402 valence electrons. The standard InChI is InChI=1S/C72H70N4O4/c1-69(2,3)45-21-31-63(77)55(33-45)57-37-47(71(7,8)9)35-53(67(57)79)41-13-17-43(18-14-41)65-59-27-23-49(73-59)39-51-25-29-61(75-51)66(62-30-26-52(76-62)40-50-24-28-60(65)74-50)44-19-15-42(16-20-44)54-36-48(72(10,11)12)38-58(68(54)80)56-34-46(70(4,5)6)22-32-64(56)78/h13-40,73,76-80H,1-12H3. The summed E-state index contributed by atoms with van der Waals surface area (Å²) in [7, 11) is 0. The average Bonchev–Trinajstić information content (AvgIpc) is 4.28. The zero-order valence-corrected chi connectivity index (χ0v) is 47.8. The molecule has 0 aliphatic carbocycles. The summed E-state index contributed by atoms with van der Waals surface area (Å²) in [4.78, 5) is 17.8. The summed E-state index contributed by atoms with van der Waals surface area (Å²) in [5.41, 5.74) is 19.3. The highest BCUT2D eigenvalue weighted by atomic mass is 16.3. The van der Waals surface area contributed by atoms with Crippen molar-refractivity contribution < 1.29 is 20.4 Å². The van der Waals surface area contributed by atoms with E-state index < -0.39 is 0 Å². The smallest absolute Gasteiger partial charge is 0.131 e. The van der Waals surface area contributed by atoms with Crippen LogP contribution in [0.1, 0.15) is 128 Å². The Hall–Kier alpha value is -8.88. The molecule has 80 heavy (non-hydrogen) atoms. The number of nitrogens with one attached hydrogen (secondary N) is 2. The molecule has 8 nitrogen and oxygen atoms in total. The number of aromatic nitrogens is 4. The van der Waals surface area contributed by atoms with E-state index in [9.17, 15) is 20.4 Å². The van der Waals surface area contributed by atoms with E-state index in [0.29, 0.717) is 33.4 Å². The lowest BCUT2D eigenvalue weighted by Crippen LogP contribution is -2.12. The van der Waals surface area contributed by atoms with Crippen molar-refractivity contribution in [2.24, 2.45) is 0 Å². The Kier molecular flexibility index (Phi) is 12.9. The first-order valence-electron chi connectivity index (χ1n) is 27.5. The molecule has 0 fully saturated rings. The highest BCUT2D eigenvalue weighted by Gasteiger charge is 2.26. The van der Waals surface area contributed by atoms with Crippen molar-refractivity contribution in [3.05, 3.63) is 191 Å². The second-order valence-corrected chi connectivity index (χ2v) is 25.7. The van der Waals surface area contributed by atoms with Crippen LogP contribution in [0, 0.1) is 0 Å². The van der Waals surface area contributed by atoms with Crippen molar-refractivity contribution in [1.82, 2.24) is 19.9 Å². The van der Waals surface area contributed by atoms with Crippen molar-refractivity contribution in [1.29, 1.82) is 0 Å². The summed E-state index contributed by atoms with van der Waals surface area (Å²) in [6.45, 7) is 25.8. The topological polar surface area (TPSA) is 138 Å². The first kappa shape index (κ1) is 53.1. The van der Waals surface area contributed by atoms with Gasteiger partial charge in [-0.1, -0.05) is 144 Å². The van der Waals surface area contributed by atoms with Gasteiger partial charge in [-0.15, -0.1) is 0 Å². The molecule has 2 aliphatic heterocycles. The van der Waals surface area contributed by atoms with Crippen molar-refractivity contribution in [3.8, 4) is 89.8 Å². The molecule has 0 unspecified atom stereocenters. The second-order valence-electron chi connectivity index (χ2n) is 25.7. The van der Waals surface area contributed by atoms with Crippen LogP contribution in [0.15, 0.2) is 146 Å². The lowest BCUT2D eigenvalue weighted by Gasteiger charge is -2.24. The van der Waals surface area contributed by atoms with E-state index in [4.69, 9.17) is 9.97 Å². The van der Waals surface area contributed by atoms with Crippen LogP contribution >= 0.6 is 0 Å². The quantitative estimate of drug-likeness (QED) is 0.0981. The van der Waals surface area contributed by atoms with E-state index in [1.165, 1.54) is 0 Å². The summed E-state index contributed by atoms with van der Waals surface area (Å²) < 4.78 is 0. The number of phenols is 4. The summed E-state index contributed by atoms with van der Waals surface area (Å²) in [5.74, 6) is 0.461. The Bertz CT molecular complexity index is 3910. The fourth-order valence-corrected chi connectivity index (χ4v) is 10.7. The lowest BCUT2D eigenvalue weighted by atomic mass is 9.81. The molecule has 5 heterocycles. The number of benzene rings is 6. The third kappa shape index (κ3) is 10.2. The van der Waals surface area contributed by atoms with E-state index in [1.807, 2.05) is 84.9 Å². The van der Waals surface area contributed by atoms with E-state index in [0.717, 1.165) is 100 Å². The minimum Gasteiger partial charge on any atom is -0.507 e. The largest absolute Gasteiger partial charge is 0.507 e. The number of nitrogens with zero attached hydrogens (tertiary/aromatic N) is 2. The zero-order chi connectivity index (χ0) is 56.8. The van der Waals surface area contributed by atoms with Crippen LogP contribution in [0.3, 0.4) is 0 Å². The van der Waals surface area contributed by atoms with E-state index in [-0.39, 0.29) is 44.7 Å². The van der Waals surface area contributed by atoms with Crippen LogP contribution < -0.4 is 0 Å². The van der Waals surface area contributed by atoms with E-state index in [1.54, 1.807) is 12.1 Å². The van der Waals surface area contributed by atoms with E-state index >= 15 is 0 Å². The number of fused-ring (bicyclic) bond motifs is 8. The molecule has 0 atom stereocenters. The van der Waals surface area contributed by atoms with Gasteiger partial charge in [0.1, 0.15) is 23.0 Å². The molecule has 11 rings (SSSR count). The molecule has 8 heteroatoms. The average molecular weight is 1060 g/mol. The molecular weight excluding hydrogens is 985 g/mol. The Labute approximate surface area is 469 Å². The van der Waals surface area contributed by atoms with E-state index in [2.05, 4.69) is 166 Å². The van der Waals surface area contributed by atoms with Gasteiger partial charge < -0.3 is 30.4 Å². The summed E-state index contributed by atoms with van der Waals surface area (Å²) in [6.07, 6.45) is 8.17. The van der Waals surface area contributed by atoms with Crippen LogP contribution in [-0.2, 0) is 21.7 Å². The highest BCUT2D eigenvalue weighted by molar-refractivity contribution is 5.95. The number of rotatable bonds is 6. The molecule has 0 saturated heterocycles. The summed E-state index contributed by atoms with van der Waals surface area (Å²) in [6, 6.07) is 48.4. The highest BCUT2D eigenvalue weighted by Crippen LogP contribution is 2.48. The normalized spacial score (nSPS) is 12.8. The van der Waals surface area contributed by atoms with Gasteiger partial charge in [0.05, 0.1) is 22.8 Å². The van der Waals surface area contributed by atoms with Crippen molar-refractivity contribution in [3.63, 3.8) is 0 Å². The minimum atomic E-state index is -0.241. The Morgan fingerprint density at radius 1 is 0.312 bits per heavy atom. The number of aromatic amines is 2. The number of hydrogen-bond acceptors (Lipinski definition) is 6. The molecule has 3 aromatic heterocycles. The van der Waals surface area contributed by atoms with Crippen LogP contribution in [-0.4, -0.2) is 40.4 Å². The fourth-order valence-electron chi connectivity index (χ4n) is 10.7. The maximum absolute atomic E-state index is 12.1. The van der Waals surface area contributed by atoms with Gasteiger partial charge >= 0.3 is 0 Å². The van der Waals surface area contributed by atoms with Gasteiger partial charge in [0.15, 0.2) is 0 Å². The minimum absolute atomic E-state index is 0.112. The molecule has 2 aliphatic rings. The van der Waals surface area contributed by atoms with Gasteiger partial charge in [0, 0.05) is 66.6 Å². The molecule has 0 spiro atoms. The third-order valence-corrected chi connectivity index (χ3v) is 15.6. The van der Waals surface area contributed by atoms with Crippen molar-refractivity contribution in [2.75, 3.05) is 0 Å². The molecule has 9 aromatic rings. The Balaban J connectivity index is 0.997. The summed E-state index contributed by atoms with van der Waals surface area (Å²) >= 11 is 0. The van der Waals surface area contributed by atoms with Crippen molar-refractivity contribution in [2.45, 2.75) is 105 Å². The maximum Gasteiger partial charge on any atom is 0.131 e. The first-order valence-corrected chi connectivity index (χ1v) is 27.5. The Morgan fingerprint density at radius 2 is 0.637 bits per heavy atom.